The maximum absolute atomic E-state index is 10.7. The van der Waals surface area contributed by atoms with Crippen molar-refractivity contribution in [3.63, 3.8) is 0 Å². The maximum atomic E-state index is 10.7. The summed E-state index contributed by atoms with van der Waals surface area (Å²) in [4.78, 5) is 0. The Balaban J connectivity index is 1.37. The Morgan fingerprint density at radius 3 is 2.00 bits per heavy atom. The van der Waals surface area contributed by atoms with Crippen LogP contribution in [0.25, 0.3) is 6.08 Å². The van der Waals surface area contributed by atoms with Gasteiger partial charge in [-0.25, -0.2) is 0 Å². The third kappa shape index (κ3) is 5.84. The number of aromatic hydroxyl groups is 4. The van der Waals surface area contributed by atoms with Gasteiger partial charge in [0.25, 0.3) is 11.9 Å². The number of benzene rings is 2. The molecule has 1 unspecified atom stereocenters. The van der Waals surface area contributed by atoms with Crippen molar-refractivity contribution in [2.24, 2.45) is 0 Å². The lowest BCUT2D eigenvalue weighted by atomic mass is 9.98. The van der Waals surface area contributed by atoms with Gasteiger partial charge < -0.3 is 74.7 Å². The smallest absolute Gasteiger partial charge is 0.270 e. The number of fused-ring (bicyclic) bond motifs is 1. The van der Waals surface area contributed by atoms with Gasteiger partial charge in [0.1, 0.15) is 71.6 Å². The predicted molar refractivity (Wildman–Crippen MR) is 138 cm³/mol. The zero-order valence-electron chi connectivity index (χ0n) is 21.9. The minimum atomic E-state index is -1.79. The Kier molecular flexibility index (Phi) is 8.77. The van der Waals surface area contributed by atoms with Crippen molar-refractivity contribution >= 4 is 6.08 Å². The fourth-order valence-electron chi connectivity index (χ4n) is 4.96. The molecule has 2 fully saturated rings. The maximum Gasteiger partial charge on any atom is 0.270 e. The largest absolute Gasteiger partial charge is 0.571 e. The Labute approximate surface area is 238 Å². The first-order valence-corrected chi connectivity index (χ1v) is 13.0. The number of rotatable bonds is 7. The van der Waals surface area contributed by atoms with Crippen molar-refractivity contribution < 1.29 is 74.7 Å². The molecule has 0 amide bonds. The molecule has 3 aliphatic heterocycles. The van der Waals surface area contributed by atoms with E-state index in [1.807, 2.05) is 0 Å². The molecular formula is C27H33O15+. The zero-order chi connectivity index (χ0) is 30.3. The van der Waals surface area contributed by atoms with E-state index in [0.717, 1.165) is 6.07 Å². The summed E-state index contributed by atoms with van der Waals surface area (Å²) in [5.41, 5.74) is 0.701. The number of hydrogen-bond acceptors (Lipinski definition) is 14. The van der Waals surface area contributed by atoms with Gasteiger partial charge in [-0.15, -0.1) is 0 Å². The molecule has 11 atom stereocenters. The molecule has 0 aliphatic carbocycles. The van der Waals surface area contributed by atoms with Gasteiger partial charge in [0.2, 0.25) is 6.29 Å². The number of aliphatic hydroxyl groups excluding tert-OH is 7. The highest BCUT2D eigenvalue weighted by Crippen LogP contribution is 2.45. The zero-order valence-corrected chi connectivity index (χ0v) is 21.9. The fraction of sp³-hybridized carbons (Fsp3) is 0.481. The minimum absolute atomic E-state index is 0.0120. The number of phenolic OH excluding ortho intramolecular Hbond substituents is 3. The summed E-state index contributed by atoms with van der Waals surface area (Å²) in [5.74, 6) is -0.296. The van der Waals surface area contributed by atoms with Crippen molar-refractivity contribution in [1.29, 1.82) is 0 Å². The Hall–Kier alpha value is -3.22. The van der Waals surface area contributed by atoms with Gasteiger partial charge in [-0.2, -0.15) is 0 Å². The second-order valence-electron chi connectivity index (χ2n) is 10.2. The van der Waals surface area contributed by atoms with E-state index in [2.05, 4.69) is 4.74 Å². The highest BCUT2D eigenvalue weighted by atomic mass is 16.7. The normalized spacial score (nSPS) is 36.5. The van der Waals surface area contributed by atoms with E-state index in [0.29, 0.717) is 5.56 Å². The van der Waals surface area contributed by atoms with Crippen LogP contribution < -0.4 is 0 Å². The molecule has 230 valence electrons. The van der Waals surface area contributed by atoms with Crippen LogP contribution in [0.5, 0.6) is 23.0 Å². The average molecular weight is 598 g/mol. The summed E-state index contributed by atoms with van der Waals surface area (Å²) in [7, 11) is 0. The van der Waals surface area contributed by atoms with E-state index in [1.54, 1.807) is 12.1 Å². The molecule has 0 saturated carbocycles. The van der Waals surface area contributed by atoms with E-state index < -0.39 is 80.7 Å². The molecule has 15 nitrogen and oxygen atoms in total. The molecule has 5 rings (SSSR count). The Morgan fingerprint density at radius 1 is 0.714 bits per heavy atom. The first-order valence-electron chi connectivity index (χ1n) is 13.0. The van der Waals surface area contributed by atoms with Gasteiger partial charge in [0, 0.05) is 12.1 Å². The first kappa shape index (κ1) is 30.2. The molecule has 11 N–H and O–H groups in total. The lowest BCUT2D eigenvalue weighted by Crippen LogP contribution is -2.61. The van der Waals surface area contributed by atoms with Crippen LogP contribution in [-0.4, -0.2) is 130 Å². The van der Waals surface area contributed by atoms with Crippen LogP contribution in [0.1, 0.15) is 17.2 Å². The van der Waals surface area contributed by atoms with E-state index in [4.69, 9.17) is 18.9 Å². The van der Waals surface area contributed by atoms with Gasteiger partial charge >= 0.3 is 0 Å². The molecule has 0 radical (unpaired) electrons. The summed E-state index contributed by atoms with van der Waals surface area (Å²) in [6, 6.07) is 8.37. The number of hydrogen-bond donors (Lipinski definition) is 10. The first-order chi connectivity index (χ1) is 20.0. The van der Waals surface area contributed by atoms with Crippen LogP contribution in [0.4, 0.5) is 0 Å². The van der Waals surface area contributed by atoms with E-state index in [-0.39, 0.29) is 34.3 Å². The number of phenols is 3. The van der Waals surface area contributed by atoms with Gasteiger partial charge in [0.05, 0.1) is 24.8 Å². The topological polar surface area (TPSA) is 252 Å². The summed E-state index contributed by atoms with van der Waals surface area (Å²) >= 11 is 0. The SMILES string of the molecule is OC[C@H]1O[C@@H](OC[C@H]2O[C@@H](OC3=Cc4c(O)cc(O)cc4[OH+]C3c3ccc(O)cc3)[C@H](O)[C@H](O)[C@@H]2O)[C@@H](O)[C@H](O)[C@@H]1O. The number of ether oxygens (including phenoxy) is 5. The second kappa shape index (κ2) is 12.2. The van der Waals surface area contributed by atoms with Crippen molar-refractivity contribution in [3.05, 3.63) is 53.3 Å². The van der Waals surface area contributed by atoms with Crippen molar-refractivity contribution in [1.82, 2.24) is 0 Å². The molecule has 0 spiro atoms. The molecule has 3 heterocycles. The van der Waals surface area contributed by atoms with Crippen LogP contribution in [0.3, 0.4) is 0 Å². The van der Waals surface area contributed by atoms with Crippen molar-refractivity contribution in [3.8, 4) is 23.0 Å². The van der Waals surface area contributed by atoms with Crippen LogP contribution in [0, 0.1) is 0 Å². The molecule has 42 heavy (non-hydrogen) atoms. The molecule has 2 aromatic rings. The highest BCUT2D eigenvalue weighted by molar-refractivity contribution is 5.69. The van der Waals surface area contributed by atoms with Crippen LogP contribution >= 0.6 is 0 Å². The van der Waals surface area contributed by atoms with Gasteiger partial charge in [-0.05, 0) is 24.3 Å². The highest BCUT2D eigenvalue weighted by Gasteiger charge is 2.49. The molecule has 2 saturated heterocycles. The molecular weight excluding hydrogens is 564 g/mol. The van der Waals surface area contributed by atoms with Crippen molar-refractivity contribution in [2.75, 3.05) is 13.2 Å². The lowest BCUT2D eigenvalue weighted by molar-refractivity contribution is -0.328. The standard InChI is InChI=1S/C27H32O15/c28-8-17-19(32)21(34)23(36)26(41-17)38-9-18-20(33)22(35)24(37)27(42-18)40-16-7-13-14(31)5-12(30)6-15(13)39-25(16)10-1-3-11(29)4-2-10/h1-7,17-37H,8-9H2/p+1/t17-,18-,19-,20-,21-,22-,23+,24-,25?,26-,27-/m1/s1. The third-order valence-electron chi connectivity index (χ3n) is 7.35. The quantitative estimate of drug-likeness (QED) is 0.152. The van der Waals surface area contributed by atoms with Crippen molar-refractivity contribution in [2.45, 2.75) is 67.5 Å². The van der Waals surface area contributed by atoms with Gasteiger partial charge in [0.15, 0.2) is 12.0 Å². The van der Waals surface area contributed by atoms with Gasteiger partial charge in [-0.3, -0.25) is 0 Å². The number of aliphatic hydroxyl groups is 8. The van der Waals surface area contributed by atoms with Gasteiger partial charge in [-0.1, -0.05) is 0 Å². The van der Waals surface area contributed by atoms with E-state index >= 15 is 0 Å². The van der Waals surface area contributed by atoms with Crippen LogP contribution in [0.15, 0.2) is 42.2 Å². The molecule has 15 heteroatoms. The monoisotopic (exact) mass is 597 g/mol. The van der Waals surface area contributed by atoms with Crippen LogP contribution in [0.2, 0.25) is 0 Å². The minimum Gasteiger partial charge on any atom is -0.571 e. The molecule has 0 aromatic heterocycles. The summed E-state index contributed by atoms with van der Waals surface area (Å²) in [5, 5.41) is 101. The van der Waals surface area contributed by atoms with Crippen LogP contribution in [-0.2, 0) is 18.9 Å². The average Bonchev–Trinajstić information content (AvgIpc) is 2.97. The van der Waals surface area contributed by atoms with E-state index in [9.17, 15) is 51.1 Å². The lowest BCUT2D eigenvalue weighted by Gasteiger charge is -2.43. The molecule has 2 aromatic carbocycles. The molecule has 0 bridgehead atoms. The Bertz CT molecular complexity index is 1270. The fourth-order valence-corrected chi connectivity index (χ4v) is 4.96. The second-order valence-corrected chi connectivity index (χ2v) is 10.2. The molecule has 3 aliphatic rings. The van der Waals surface area contributed by atoms with E-state index in [1.165, 1.54) is 24.3 Å². The summed E-state index contributed by atoms with van der Waals surface area (Å²) in [6.45, 7) is -1.24. The summed E-state index contributed by atoms with van der Waals surface area (Å²) < 4.78 is 27.0. The Morgan fingerprint density at radius 2 is 1.33 bits per heavy atom. The summed E-state index contributed by atoms with van der Waals surface area (Å²) in [6.07, 6.45) is -15.6. The predicted octanol–water partition coefficient (Wildman–Crippen LogP) is -2.22. The third-order valence-corrected chi connectivity index (χ3v) is 7.35.